The van der Waals surface area contributed by atoms with Gasteiger partial charge in [0.2, 0.25) is 5.88 Å². The third kappa shape index (κ3) is 5.91. The molecular weight excluding hydrogens is 356 g/mol. The van der Waals surface area contributed by atoms with E-state index in [1.807, 2.05) is 25.1 Å². The molecular formula is C21H24N4OS. The Bertz CT molecular complexity index is 843. The number of thiophene rings is 1. The molecule has 0 aliphatic rings. The summed E-state index contributed by atoms with van der Waals surface area (Å²) in [6.45, 7) is 4.41. The Morgan fingerprint density at radius 3 is 2.70 bits per heavy atom. The van der Waals surface area contributed by atoms with Crippen LogP contribution in [0.4, 0.5) is 0 Å². The van der Waals surface area contributed by atoms with Crippen LogP contribution in [0.25, 0.3) is 0 Å². The lowest BCUT2D eigenvalue weighted by molar-refractivity contribution is 0.462. The molecule has 0 atom stereocenters. The summed E-state index contributed by atoms with van der Waals surface area (Å²) in [6.07, 6.45) is 2.74. The fourth-order valence-electron chi connectivity index (χ4n) is 2.55. The van der Waals surface area contributed by atoms with Crippen LogP contribution in [0.15, 0.2) is 65.1 Å². The number of benzene rings is 1. The lowest BCUT2D eigenvalue weighted by Gasteiger charge is -2.08. The second-order valence-corrected chi connectivity index (χ2v) is 7.03. The molecule has 2 heterocycles. The van der Waals surface area contributed by atoms with E-state index in [0.29, 0.717) is 18.3 Å². The third-order valence-corrected chi connectivity index (χ3v) is 4.90. The molecule has 0 spiro atoms. The fraction of sp³-hybridized carbons (Fsp3) is 0.238. The number of aromatic nitrogens is 1. The van der Waals surface area contributed by atoms with Gasteiger partial charge in [0.25, 0.3) is 0 Å². The lowest BCUT2D eigenvalue weighted by atomic mass is 10.2. The van der Waals surface area contributed by atoms with Crippen molar-refractivity contribution in [1.29, 1.82) is 0 Å². The molecule has 0 amide bonds. The molecule has 1 aromatic carbocycles. The highest BCUT2D eigenvalue weighted by molar-refractivity contribution is 7.09. The topological polar surface area (TPSA) is 72.5 Å². The first kappa shape index (κ1) is 19.1. The Balaban J connectivity index is 1.47. The number of hydrogen-bond donors (Lipinski definition) is 2. The van der Waals surface area contributed by atoms with Crippen LogP contribution in [-0.2, 0) is 13.0 Å². The van der Waals surface area contributed by atoms with E-state index in [4.69, 9.17) is 10.5 Å². The van der Waals surface area contributed by atoms with Crippen molar-refractivity contribution >= 4 is 17.2 Å². The van der Waals surface area contributed by atoms with Gasteiger partial charge in [0.15, 0.2) is 0 Å². The number of nitrogens with zero attached hydrogens (tertiary/aromatic N) is 2. The number of rotatable bonds is 9. The van der Waals surface area contributed by atoms with Crippen LogP contribution >= 0.6 is 11.3 Å². The molecule has 3 N–H and O–H groups in total. The minimum Gasteiger partial charge on any atom is -0.439 e. The van der Waals surface area contributed by atoms with Crippen molar-refractivity contribution in [3.05, 3.63) is 76.1 Å². The summed E-state index contributed by atoms with van der Waals surface area (Å²) in [5.74, 6) is 1.78. The second kappa shape index (κ2) is 9.85. The number of amidine groups is 1. The summed E-state index contributed by atoms with van der Waals surface area (Å²) in [7, 11) is 0. The van der Waals surface area contributed by atoms with Crippen molar-refractivity contribution in [3.8, 4) is 11.6 Å². The first-order chi connectivity index (χ1) is 13.2. The maximum Gasteiger partial charge on any atom is 0.219 e. The van der Waals surface area contributed by atoms with Gasteiger partial charge in [0, 0.05) is 42.3 Å². The van der Waals surface area contributed by atoms with Crippen molar-refractivity contribution in [1.82, 2.24) is 10.3 Å². The molecule has 5 nitrogen and oxygen atoms in total. The van der Waals surface area contributed by atoms with Crippen molar-refractivity contribution < 1.29 is 4.74 Å². The predicted molar refractivity (Wildman–Crippen MR) is 112 cm³/mol. The molecule has 0 unspecified atom stereocenters. The van der Waals surface area contributed by atoms with Gasteiger partial charge in [-0.2, -0.15) is 0 Å². The molecule has 0 saturated carbocycles. The maximum absolute atomic E-state index is 5.87. The maximum atomic E-state index is 5.87. The standard InChI is InChI=1S/C21H24N4OS/c1-2-24-21(22)17-7-10-20(25-15-17)26-18-8-5-16(6-9-18)14-23-12-11-19-4-3-13-27-19/h3-10,13,15,23H,2,11-12,14H2,1H3,(H2,22,24). The van der Waals surface area contributed by atoms with Crippen LogP contribution < -0.4 is 15.8 Å². The van der Waals surface area contributed by atoms with E-state index in [1.54, 1.807) is 23.6 Å². The molecule has 0 aliphatic heterocycles. The van der Waals surface area contributed by atoms with Gasteiger partial charge in [-0.3, -0.25) is 4.99 Å². The minimum absolute atomic E-state index is 0.493. The highest BCUT2D eigenvalue weighted by Gasteiger charge is 2.02. The molecule has 0 saturated heterocycles. The Morgan fingerprint density at radius 1 is 1.19 bits per heavy atom. The summed E-state index contributed by atoms with van der Waals surface area (Å²) in [6, 6.07) is 16.0. The molecule has 3 aromatic rings. The molecule has 27 heavy (non-hydrogen) atoms. The number of hydrogen-bond acceptors (Lipinski definition) is 5. The molecule has 2 aromatic heterocycles. The van der Waals surface area contributed by atoms with E-state index in [2.05, 4.69) is 44.9 Å². The van der Waals surface area contributed by atoms with Crippen molar-refractivity contribution in [2.24, 2.45) is 10.7 Å². The Kier molecular flexibility index (Phi) is 6.96. The summed E-state index contributed by atoms with van der Waals surface area (Å²) >= 11 is 1.80. The zero-order valence-electron chi connectivity index (χ0n) is 15.4. The molecule has 0 fully saturated rings. The van der Waals surface area contributed by atoms with Crippen LogP contribution in [0, 0.1) is 0 Å². The van der Waals surface area contributed by atoms with Gasteiger partial charge in [-0.25, -0.2) is 4.98 Å². The largest absolute Gasteiger partial charge is 0.439 e. The SMILES string of the molecule is CCN=C(N)c1ccc(Oc2ccc(CNCCc3cccs3)cc2)nc1. The minimum atomic E-state index is 0.493. The third-order valence-electron chi connectivity index (χ3n) is 3.96. The van der Waals surface area contributed by atoms with Gasteiger partial charge < -0.3 is 15.8 Å². The summed E-state index contributed by atoms with van der Waals surface area (Å²) in [5, 5.41) is 5.58. The van der Waals surface area contributed by atoms with E-state index in [-0.39, 0.29) is 0 Å². The predicted octanol–water partition coefficient (Wildman–Crippen LogP) is 3.99. The van der Waals surface area contributed by atoms with Crippen LogP contribution in [0.1, 0.15) is 22.9 Å². The summed E-state index contributed by atoms with van der Waals surface area (Å²) in [4.78, 5) is 9.87. The van der Waals surface area contributed by atoms with Crippen molar-refractivity contribution in [3.63, 3.8) is 0 Å². The first-order valence-corrected chi connectivity index (χ1v) is 9.89. The number of ether oxygens (including phenoxy) is 1. The van der Waals surface area contributed by atoms with Crippen molar-refractivity contribution in [2.45, 2.75) is 19.9 Å². The van der Waals surface area contributed by atoms with Gasteiger partial charge in [0.1, 0.15) is 11.6 Å². The van der Waals surface area contributed by atoms with Gasteiger partial charge in [-0.05, 0) is 48.6 Å². The Labute approximate surface area is 163 Å². The molecule has 0 aliphatic carbocycles. The second-order valence-electron chi connectivity index (χ2n) is 6.00. The number of nitrogens with one attached hydrogen (secondary N) is 1. The fourth-order valence-corrected chi connectivity index (χ4v) is 3.26. The van der Waals surface area contributed by atoms with Crippen LogP contribution in [0.3, 0.4) is 0 Å². The smallest absolute Gasteiger partial charge is 0.219 e. The molecule has 0 bridgehead atoms. The molecule has 0 radical (unpaired) electrons. The van der Waals surface area contributed by atoms with E-state index in [1.165, 1.54) is 10.4 Å². The molecule has 140 valence electrons. The van der Waals surface area contributed by atoms with Gasteiger partial charge in [-0.15, -0.1) is 11.3 Å². The highest BCUT2D eigenvalue weighted by atomic mass is 32.1. The Morgan fingerprint density at radius 2 is 2.04 bits per heavy atom. The van der Waals surface area contributed by atoms with Gasteiger partial charge >= 0.3 is 0 Å². The zero-order valence-corrected chi connectivity index (χ0v) is 16.2. The Hall–Kier alpha value is -2.70. The average Bonchev–Trinajstić information content (AvgIpc) is 3.21. The van der Waals surface area contributed by atoms with E-state index >= 15 is 0 Å². The molecule has 3 rings (SSSR count). The highest BCUT2D eigenvalue weighted by Crippen LogP contribution is 2.20. The molecule has 6 heteroatoms. The lowest BCUT2D eigenvalue weighted by Crippen LogP contribution is -2.16. The van der Waals surface area contributed by atoms with E-state index < -0.39 is 0 Å². The number of aliphatic imine (C=N–C) groups is 1. The van der Waals surface area contributed by atoms with Crippen LogP contribution in [0.5, 0.6) is 11.6 Å². The summed E-state index contributed by atoms with van der Waals surface area (Å²) in [5.41, 5.74) is 7.89. The van der Waals surface area contributed by atoms with Crippen molar-refractivity contribution in [2.75, 3.05) is 13.1 Å². The first-order valence-electron chi connectivity index (χ1n) is 9.01. The normalized spacial score (nSPS) is 11.5. The van der Waals surface area contributed by atoms with Gasteiger partial charge in [-0.1, -0.05) is 18.2 Å². The van der Waals surface area contributed by atoms with Crippen LogP contribution in [-0.4, -0.2) is 23.9 Å². The van der Waals surface area contributed by atoms with E-state index in [9.17, 15) is 0 Å². The summed E-state index contributed by atoms with van der Waals surface area (Å²) < 4.78 is 5.79. The quantitative estimate of drug-likeness (QED) is 0.334. The van der Waals surface area contributed by atoms with Crippen LogP contribution in [0.2, 0.25) is 0 Å². The number of nitrogens with two attached hydrogens (primary N) is 1. The zero-order chi connectivity index (χ0) is 18.9. The number of pyridine rings is 1. The van der Waals surface area contributed by atoms with Gasteiger partial charge in [0.05, 0.1) is 0 Å². The van der Waals surface area contributed by atoms with E-state index in [0.717, 1.165) is 30.8 Å². The average molecular weight is 381 g/mol. The monoisotopic (exact) mass is 380 g/mol.